The van der Waals surface area contributed by atoms with Crippen LogP contribution in [-0.4, -0.2) is 57.1 Å². The predicted molar refractivity (Wildman–Crippen MR) is 123 cm³/mol. The SMILES string of the molecule is CCNC(=NCC(O)c1ccc(C(C)(C)C)cc1)NCCCOCC1CCOCC1. The summed E-state index contributed by atoms with van der Waals surface area (Å²) in [4.78, 5) is 4.54. The normalized spacial score (nSPS) is 17.0. The lowest BCUT2D eigenvalue weighted by Crippen LogP contribution is -2.38. The molecule has 6 heteroatoms. The van der Waals surface area contributed by atoms with Crippen molar-refractivity contribution in [1.82, 2.24) is 10.6 Å². The number of rotatable bonds is 10. The highest BCUT2D eigenvalue weighted by Gasteiger charge is 2.15. The number of aliphatic hydroxyl groups is 1. The topological polar surface area (TPSA) is 75.1 Å². The largest absolute Gasteiger partial charge is 0.386 e. The van der Waals surface area contributed by atoms with Crippen molar-refractivity contribution in [3.05, 3.63) is 35.4 Å². The molecule has 1 aromatic rings. The highest BCUT2D eigenvalue weighted by Crippen LogP contribution is 2.24. The van der Waals surface area contributed by atoms with Gasteiger partial charge in [-0.15, -0.1) is 0 Å². The summed E-state index contributed by atoms with van der Waals surface area (Å²) in [7, 11) is 0. The van der Waals surface area contributed by atoms with Crippen molar-refractivity contribution < 1.29 is 14.6 Å². The van der Waals surface area contributed by atoms with E-state index in [1.165, 1.54) is 5.56 Å². The third kappa shape index (κ3) is 9.02. The number of nitrogens with one attached hydrogen (secondary N) is 2. The van der Waals surface area contributed by atoms with Gasteiger partial charge in [0.15, 0.2) is 5.96 Å². The molecule has 0 spiro atoms. The number of aliphatic imine (C=N–C) groups is 1. The molecule has 6 nitrogen and oxygen atoms in total. The molecule has 0 amide bonds. The molecule has 1 fully saturated rings. The molecule has 1 saturated heterocycles. The summed E-state index contributed by atoms with van der Waals surface area (Å²) in [6.07, 6.45) is 2.52. The highest BCUT2D eigenvalue weighted by molar-refractivity contribution is 5.79. The predicted octanol–water partition coefficient (Wildman–Crippen LogP) is 3.41. The number of benzene rings is 1. The second-order valence-corrected chi connectivity index (χ2v) is 9.02. The van der Waals surface area contributed by atoms with Gasteiger partial charge in [-0.25, -0.2) is 0 Å². The van der Waals surface area contributed by atoms with Crippen LogP contribution in [0.5, 0.6) is 0 Å². The van der Waals surface area contributed by atoms with Crippen LogP contribution in [0, 0.1) is 5.92 Å². The molecule has 2 rings (SSSR count). The number of hydrogen-bond acceptors (Lipinski definition) is 4. The first kappa shape index (κ1) is 24.6. The van der Waals surface area contributed by atoms with Gasteiger partial charge >= 0.3 is 0 Å². The minimum absolute atomic E-state index is 0.109. The van der Waals surface area contributed by atoms with Gasteiger partial charge in [0.05, 0.1) is 12.6 Å². The van der Waals surface area contributed by atoms with Crippen molar-refractivity contribution in [2.24, 2.45) is 10.9 Å². The van der Waals surface area contributed by atoms with E-state index in [1.807, 2.05) is 19.1 Å². The van der Waals surface area contributed by atoms with Crippen LogP contribution < -0.4 is 10.6 Å². The first-order valence-corrected chi connectivity index (χ1v) is 11.4. The van der Waals surface area contributed by atoms with Gasteiger partial charge in [0.2, 0.25) is 0 Å². The molecule has 1 heterocycles. The van der Waals surface area contributed by atoms with Crippen LogP contribution in [0.3, 0.4) is 0 Å². The first-order chi connectivity index (χ1) is 14.4. The van der Waals surface area contributed by atoms with Crippen LogP contribution in [0.2, 0.25) is 0 Å². The zero-order chi connectivity index (χ0) is 21.8. The summed E-state index contributed by atoms with van der Waals surface area (Å²) in [6.45, 7) is 13.8. The Morgan fingerprint density at radius 1 is 1.20 bits per heavy atom. The van der Waals surface area contributed by atoms with Crippen molar-refractivity contribution >= 4 is 5.96 Å². The summed E-state index contributed by atoms with van der Waals surface area (Å²) in [5, 5.41) is 17.1. The lowest BCUT2D eigenvalue weighted by atomic mass is 9.86. The highest BCUT2D eigenvalue weighted by atomic mass is 16.5. The minimum atomic E-state index is -0.614. The average Bonchev–Trinajstić information content (AvgIpc) is 2.74. The Hall–Kier alpha value is -1.63. The Bertz CT molecular complexity index is 620. The average molecular weight is 420 g/mol. The Labute approximate surface area is 182 Å². The molecule has 0 aliphatic carbocycles. The summed E-state index contributed by atoms with van der Waals surface area (Å²) < 4.78 is 11.2. The Balaban J connectivity index is 1.70. The molecule has 1 aliphatic heterocycles. The summed E-state index contributed by atoms with van der Waals surface area (Å²) in [5.41, 5.74) is 2.26. The first-order valence-electron chi connectivity index (χ1n) is 11.4. The summed E-state index contributed by atoms with van der Waals surface area (Å²) in [5.74, 6) is 1.37. The second-order valence-electron chi connectivity index (χ2n) is 9.02. The van der Waals surface area contributed by atoms with Crippen LogP contribution in [0.25, 0.3) is 0 Å². The van der Waals surface area contributed by atoms with E-state index in [2.05, 4.69) is 48.5 Å². The lowest BCUT2D eigenvalue weighted by Gasteiger charge is -2.21. The molecule has 0 radical (unpaired) electrons. The maximum absolute atomic E-state index is 10.5. The van der Waals surface area contributed by atoms with Crippen molar-refractivity contribution in [2.75, 3.05) is 46.1 Å². The van der Waals surface area contributed by atoms with Gasteiger partial charge < -0.3 is 25.2 Å². The number of aliphatic hydroxyl groups excluding tert-OH is 1. The van der Waals surface area contributed by atoms with Crippen molar-refractivity contribution in [3.8, 4) is 0 Å². The van der Waals surface area contributed by atoms with Gasteiger partial charge in [0.1, 0.15) is 0 Å². The molecule has 0 bridgehead atoms. The Morgan fingerprint density at radius 3 is 2.53 bits per heavy atom. The van der Waals surface area contributed by atoms with E-state index in [4.69, 9.17) is 9.47 Å². The van der Waals surface area contributed by atoms with E-state index >= 15 is 0 Å². The molecule has 0 saturated carbocycles. The van der Waals surface area contributed by atoms with Crippen molar-refractivity contribution in [2.45, 2.75) is 58.5 Å². The Kier molecular flexibility index (Phi) is 10.6. The molecule has 3 N–H and O–H groups in total. The van der Waals surface area contributed by atoms with Gasteiger partial charge in [0.25, 0.3) is 0 Å². The van der Waals surface area contributed by atoms with E-state index < -0.39 is 6.10 Å². The Morgan fingerprint density at radius 2 is 1.90 bits per heavy atom. The van der Waals surface area contributed by atoms with Gasteiger partial charge in [-0.3, -0.25) is 4.99 Å². The second kappa shape index (κ2) is 12.9. The molecular formula is C24H41N3O3. The van der Waals surface area contributed by atoms with Crippen molar-refractivity contribution in [3.63, 3.8) is 0 Å². The third-order valence-electron chi connectivity index (χ3n) is 5.38. The molecule has 170 valence electrons. The van der Waals surface area contributed by atoms with Crippen LogP contribution in [0.1, 0.15) is 64.2 Å². The minimum Gasteiger partial charge on any atom is -0.386 e. The maximum atomic E-state index is 10.5. The van der Waals surface area contributed by atoms with Gasteiger partial charge in [-0.2, -0.15) is 0 Å². The van der Waals surface area contributed by atoms with E-state index in [1.54, 1.807) is 0 Å². The van der Waals surface area contributed by atoms with E-state index in [0.29, 0.717) is 12.5 Å². The van der Waals surface area contributed by atoms with Crippen LogP contribution >= 0.6 is 0 Å². The molecule has 1 atom stereocenters. The van der Waals surface area contributed by atoms with Crippen LogP contribution in [-0.2, 0) is 14.9 Å². The van der Waals surface area contributed by atoms with Crippen molar-refractivity contribution in [1.29, 1.82) is 0 Å². The monoisotopic (exact) mass is 419 g/mol. The standard InChI is InChI=1S/C24H41N3O3/c1-5-25-23(26-13-6-14-30-18-19-11-15-29-16-12-19)27-17-22(28)20-7-9-21(10-8-20)24(2,3)4/h7-10,19,22,28H,5-6,11-18H2,1-4H3,(H2,25,26,27). The number of hydrogen-bond donors (Lipinski definition) is 3. The molecule has 30 heavy (non-hydrogen) atoms. The van der Waals surface area contributed by atoms with Gasteiger partial charge in [0, 0.05) is 39.5 Å². The molecule has 1 unspecified atom stereocenters. The van der Waals surface area contributed by atoms with Gasteiger partial charge in [-0.05, 0) is 48.6 Å². The fourth-order valence-electron chi connectivity index (χ4n) is 3.37. The zero-order valence-corrected chi connectivity index (χ0v) is 19.2. The fraction of sp³-hybridized carbons (Fsp3) is 0.708. The zero-order valence-electron chi connectivity index (χ0n) is 19.2. The van der Waals surface area contributed by atoms with Crippen LogP contribution in [0.4, 0.5) is 0 Å². The van der Waals surface area contributed by atoms with E-state index in [-0.39, 0.29) is 5.41 Å². The smallest absolute Gasteiger partial charge is 0.191 e. The lowest BCUT2D eigenvalue weighted by molar-refractivity contribution is 0.0203. The third-order valence-corrected chi connectivity index (χ3v) is 5.38. The molecule has 1 aromatic carbocycles. The van der Waals surface area contributed by atoms with E-state index in [9.17, 15) is 5.11 Å². The fourth-order valence-corrected chi connectivity index (χ4v) is 3.37. The maximum Gasteiger partial charge on any atom is 0.191 e. The number of nitrogens with zero attached hydrogens (tertiary/aromatic N) is 1. The van der Waals surface area contributed by atoms with Crippen LogP contribution in [0.15, 0.2) is 29.3 Å². The molecule has 1 aliphatic rings. The van der Waals surface area contributed by atoms with Gasteiger partial charge in [-0.1, -0.05) is 45.0 Å². The molecule has 0 aromatic heterocycles. The molecular weight excluding hydrogens is 378 g/mol. The summed E-state index contributed by atoms with van der Waals surface area (Å²) in [6, 6.07) is 8.17. The van der Waals surface area contributed by atoms with E-state index in [0.717, 1.165) is 70.3 Å². The summed E-state index contributed by atoms with van der Waals surface area (Å²) >= 11 is 0. The number of guanidine groups is 1. The number of ether oxygens (including phenoxy) is 2. The quantitative estimate of drug-likeness (QED) is 0.308.